The normalized spacial score (nSPS) is 16.0. The van der Waals surface area contributed by atoms with E-state index in [0.717, 1.165) is 12.8 Å². The highest BCUT2D eigenvalue weighted by Crippen LogP contribution is 2.41. The Labute approximate surface area is 213 Å². The van der Waals surface area contributed by atoms with Gasteiger partial charge in [0.2, 0.25) is 0 Å². The molecule has 0 saturated carbocycles. The van der Waals surface area contributed by atoms with Gasteiger partial charge in [-0.25, -0.2) is 8.78 Å². The average molecular weight is 511 g/mol. The lowest BCUT2D eigenvalue weighted by Gasteiger charge is -2.30. The van der Waals surface area contributed by atoms with Crippen LogP contribution in [0.15, 0.2) is 42.5 Å². The molecule has 0 radical (unpaired) electrons. The van der Waals surface area contributed by atoms with E-state index in [9.17, 15) is 18.7 Å². The summed E-state index contributed by atoms with van der Waals surface area (Å²) in [6.45, 7) is 4.47. The molecule has 0 aliphatic carbocycles. The Hall–Kier alpha value is -3.32. The molecule has 1 aliphatic heterocycles. The number of amides is 1. The predicted molar refractivity (Wildman–Crippen MR) is 138 cm³/mol. The van der Waals surface area contributed by atoms with Gasteiger partial charge in [-0.05, 0) is 68.1 Å². The molecule has 4 rings (SSSR count). The van der Waals surface area contributed by atoms with E-state index in [0.29, 0.717) is 39.5 Å². The molecular weight excluding hydrogens is 482 g/mol. The molecule has 36 heavy (non-hydrogen) atoms. The summed E-state index contributed by atoms with van der Waals surface area (Å²) in [6.07, 6.45) is 1.69. The van der Waals surface area contributed by atoms with E-state index < -0.39 is 17.2 Å². The first-order valence-corrected chi connectivity index (χ1v) is 12.5. The Morgan fingerprint density at radius 1 is 1.22 bits per heavy atom. The quantitative estimate of drug-likeness (QED) is 0.434. The van der Waals surface area contributed by atoms with Crippen molar-refractivity contribution in [2.45, 2.75) is 38.3 Å². The number of carbonyl (C=O) groups is 1. The zero-order valence-corrected chi connectivity index (χ0v) is 21.0. The minimum Gasteiger partial charge on any atom is -0.389 e. The van der Waals surface area contributed by atoms with Gasteiger partial charge in [-0.2, -0.15) is 5.26 Å². The number of benzene rings is 2. The van der Waals surface area contributed by atoms with Gasteiger partial charge in [0.05, 0.1) is 21.7 Å². The summed E-state index contributed by atoms with van der Waals surface area (Å²) in [7, 11) is 0. The number of hydrogen-bond acceptors (Lipinski definition) is 6. The first-order valence-electron chi connectivity index (χ1n) is 11.7. The van der Waals surface area contributed by atoms with Crippen LogP contribution in [0.4, 0.5) is 14.5 Å². The van der Waals surface area contributed by atoms with Crippen molar-refractivity contribution in [2.24, 2.45) is 5.73 Å². The summed E-state index contributed by atoms with van der Waals surface area (Å²) in [4.78, 5) is 16.1. The van der Waals surface area contributed by atoms with Crippen molar-refractivity contribution in [1.82, 2.24) is 4.90 Å². The number of piperidine rings is 1. The molecule has 1 fully saturated rings. The van der Waals surface area contributed by atoms with Crippen molar-refractivity contribution in [2.75, 3.05) is 25.0 Å². The number of anilines is 1. The van der Waals surface area contributed by atoms with Gasteiger partial charge >= 0.3 is 0 Å². The lowest BCUT2D eigenvalue weighted by molar-refractivity contribution is 0.0713. The van der Waals surface area contributed by atoms with Crippen molar-refractivity contribution in [3.63, 3.8) is 0 Å². The molecule has 1 amide bonds. The number of thiophene rings is 1. The maximum Gasteiger partial charge on any atom is 0.264 e. The second-order valence-corrected chi connectivity index (χ2v) is 10.7. The van der Waals surface area contributed by atoms with Gasteiger partial charge in [0.25, 0.3) is 5.91 Å². The van der Waals surface area contributed by atoms with Crippen LogP contribution >= 0.6 is 11.3 Å². The Balaban J connectivity index is 1.75. The van der Waals surface area contributed by atoms with Crippen molar-refractivity contribution in [1.29, 1.82) is 5.26 Å². The fourth-order valence-electron chi connectivity index (χ4n) is 4.16. The van der Waals surface area contributed by atoms with Gasteiger partial charge in [0.15, 0.2) is 0 Å². The molecule has 188 valence electrons. The minimum atomic E-state index is -1.02. The van der Waals surface area contributed by atoms with Crippen LogP contribution in [0.5, 0.6) is 0 Å². The Kier molecular flexibility index (Phi) is 7.41. The van der Waals surface area contributed by atoms with E-state index in [-0.39, 0.29) is 29.7 Å². The first-order chi connectivity index (χ1) is 17.1. The third kappa shape index (κ3) is 5.73. The number of halogens is 2. The summed E-state index contributed by atoms with van der Waals surface area (Å²) >= 11 is 1.21. The molecule has 2 heterocycles. The topological polar surface area (TPSA) is 102 Å². The van der Waals surface area contributed by atoms with Crippen LogP contribution in [0.1, 0.15) is 41.9 Å². The van der Waals surface area contributed by atoms with Crippen molar-refractivity contribution in [3.05, 3.63) is 64.5 Å². The van der Waals surface area contributed by atoms with Crippen LogP contribution in [-0.2, 0) is 0 Å². The molecule has 0 unspecified atom stereocenters. The molecule has 0 spiro atoms. The number of carbonyl (C=O) groups excluding carboxylic acids is 1. The first kappa shape index (κ1) is 25.8. The van der Waals surface area contributed by atoms with E-state index in [4.69, 9.17) is 11.0 Å². The highest BCUT2D eigenvalue weighted by Gasteiger charge is 2.26. The molecule has 9 heteroatoms. The number of aliphatic hydroxyl groups is 1. The number of hydrogen-bond donors (Lipinski definition) is 3. The molecule has 4 N–H and O–H groups in total. The standard InChI is InChI=1S/C27H28F2N4O2S/c1-27(2,35)15-32-23-8-7-17(11-22(23)29)25-20(16-5-6-18(13-30)21(28)10-16)12-24(36-25)26(34)33-9-3-4-19(31)14-33/h5-8,10-12,19,32,35H,3-4,9,14-15,31H2,1-2H3/t19-/m1/s1. The lowest BCUT2D eigenvalue weighted by atomic mass is 10.00. The number of rotatable bonds is 6. The second kappa shape index (κ2) is 10.3. The van der Waals surface area contributed by atoms with Crippen molar-refractivity contribution in [3.8, 4) is 27.6 Å². The maximum atomic E-state index is 15.0. The molecule has 0 bridgehead atoms. The summed E-state index contributed by atoms with van der Waals surface area (Å²) < 4.78 is 29.5. The molecule has 1 aliphatic rings. The number of nitrogens with zero attached hydrogens (tertiary/aromatic N) is 2. The molecular formula is C27H28F2N4O2S. The van der Waals surface area contributed by atoms with E-state index >= 15 is 0 Å². The number of nitriles is 1. The van der Waals surface area contributed by atoms with Crippen molar-refractivity contribution < 1.29 is 18.7 Å². The van der Waals surface area contributed by atoms with Crippen LogP contribution in [0.25, 0.3) is 21.6 Å². The Bertz CT molecular complexity index is 1330. The third-order valence-corrected chi connectivity index (χ3v) is 7.20. The SMILES string of the molecule is CC(C)(O)CNc1ccc(-c2sc(C(=O)N3CCC[C@@H](N)C3)cc2-c2ccc(C#N)c(F)c2)cc1F. The maximum absolute atomic E-state index is 15.0. The zero-order valence-electron chi connectivity index (χ0n) is 20.1. The average Bonchev–Trinajstić information content (AvgIpc) is 3.27. The van der Waals surface area contributed by atoms with Crippen LogP contribution in [0.3, 0.4) is 0 Å². The van der Waals surface area contributed by atoms with E-state index in [1.807, 2.05) is 6.07 Å². The summed E-state index contributed by atoms with van der Waals surface area (Å²) in [6, 6.07) is 12.3. The van der Waals surface area contributed by atoms with Crippen molar-refractivity contribution >= 4 is 22.9 Å². The van der Waals surface area contributed by atoms with Gasteiger partial charge in [-0.3, -0.25) is 4.79 Å². The van der Waals surface area contributed by atoms with E-state index in [1.165, 1.54) is 29.5 Å². The van der Waals surface area contributed by atoms with Gasteiger partial charge in [0, 0.05) is 36.1 Å². The largest absolute Gasteiger partial charge is 0.389 e. The third-order valence-electron chi connectivity index (χ3n) is 6.03. The Morgan fingerprint density at radius 2 is 1.94 bits per heavy atom. The second-order valence-electron chi connectivity index (χ2n) is 9.67. The van der Waals surface area contributed by atoms with Crippen LogP contribution in [0.2, 0.25) is 0 Å². The fourth-order valence-corrected chi connectivity index (χ4v) is 5.30. The molecule has 2 aromatic carbocycles. The lowest BCUT2D eigenvalue weighted by Crippen LogP contribution is -2.45. The van der Waals surface area contributed by atoms with Gasteiger partial charge in [-0.1, -0.05) is 12.1 Å². The fraction of sp³-hybridized carbons (Fsp3) is 0.333. The van der Waals surface area contributed by atoms with Gasteiger partial charge in [-0.15, -0.1) is 11.3 Å². The van der Waals surface area contributed by atoms with E-state index in [2.05, 4.69) is 5.32 Å². The van der Waals surface area contributed by atoms with E-state index in [1.54, 1.807) is 43.0 Å². The van der Waals surface area contributed by atoms with Gasteiger partial charge in [0.1, 0.15) is 17.7 Å². The molecule has 1 saturated heterocycles. The van der Waals surface area contributed by atoms with Crippen LogP contribution in [0, 0.1) is 23.0 Å². The Morgan fingerprint density at radius 3 is 2.58 bits per heavy atom. The number of nitrogens with one attached hydrogen (secondary N) is 1. The molecule has 1 aromatic heterocycles. The number of nitrogens with two attached hydrogens (primary N) is 1. The molecule has 1 atom stereocenters. The molecule has 3 aromatic rings. The number of likely N-dealkylation sites (tertiary alicyclic amines) is 1. The van der Waals surface area contributed by atoms with Crippen LogP contribution < -0.4 is 11.1 Å². The van der Waals surface area contributed by atoms with Gasteiger partial charge < -0.3 is 21.1 Å². The summed E-state index contributed by atoms with van der Waals surface area (Å²) in [5.41, 5.74) is 6.79. The highest BCUT2D eigenvalue weighted by atomic mass is 32.1. The molecule has 6 nitrogen and oxygen atoms in total. The highest BCUT2D eigenvalue weighted by molar-refractivity contribution is 7.18. The van der Waals surface area contributed by atoms with Crippen LogP contribution in [-0.4, -0.2) is 47.2 Å². The summed E-state index contributed by atoms with van der Waals surface area (Å²) in [5.74, 6) is -1.35. The summed E-state index contributed by atoms with van der Waals surface area (Å²) in [5, 5.41) is 21.9. The zero-order chi connectivity index (χ0) is 26.0. The monoisotopic (exact) mass is 510 g/mol. The smallest absolute Gasteiger partial charge is 0.264 e. The predicted octanol–water partition coefficient (Wildman–Crippen LogP) is 4.98. The minimum absolute atomic E-state index is 0.0766.